The molecule has 4 N–H and O–H groups in total. The average molecular weight is 601 g/mol. The summed E-state index contributed by atoms with van der Waals surface area (Å²) in [5.41, 5.74) is 7.92. The molecular formula is C33H52N4O4S. The highest BCUT2D eigenvalue weighted by atomic mass is 32.2. The number of amides is 3. The minimum atomic E-state index is -0.978. The third-order valence-corrected chi connectivity index (χ3v) is 7.37. The number of fused-ring (bicyclic) bond motifs is 1. The highest BCUT2D eigenvalue weighted by Crippen LogP contribution is 2.29. The predicted molar refractivity (Wildman–Crippen MR) is 175 cm³/mol. The van der Waals surface area contributed by atoms with Crippen LogP contribution in [0.15, 0.2) is 47.4 Å². The fourth-order valence-corrected chi connectivity index (χ4v) is 4.88. The first-order chi connectivity index (χ1) is 19.4. The number of benzene rings is 2. The van der Waals surface area contributed by atoms with Gasteiger partial charge in [0.2, 0.25) is 5.91 Å². The lowest BCUT2D eigenvalue weighted by molar-refractivity contribution is -0.121. The first-order valence-electron chi connectivity index (χ1n) is 14.3. The van der Waals surface area contributed by atoms with Crippen LogP contribution in [0.3, 0.4) is 0 Å². The molecule has 3 amide bonds. The normalized spacial score (nSPS) is 12.7. The summed E-state index contributed by atoms with van der Waals surface area (Å²) < 4.78 is 3.50. The van der Waals surface area contributed by atoms with E-state index in [1.54, 1.807) is 18.0 Å². The minimum absolute atomic E-state index is 0. The van der Waals surface area contributed by atoms with Gasteiger partial charge in [0, 0.05) is 30.6 Å². The molecule has 2 aromatic carbocycles. The number of imide groups is 1. The summed E-state index contributed by atoms with van der Waals surface area (Å²) in [4.78, 5) is 49.2. The summed E-state index contributed by atoms with van der Waals surface area (Å²) in [6.07, 6.45) is 3.22. The molecule has 234 valence electrons. The zero-order chi connectivity index (χ0) is 31.2. The van der Waals surface area contributed by atoms with Crippen molar-refractivity contribution in [2.24, 2.45) is 11.3 Å². The summed E-state index contributed by atoms with van der Waals surface area (Å²) in [6, 6.07) is 12.3. The fraction of sp³-hybridized carbons (Fsp3) is 0.515. The van der Waals surface area contributed by atoms with Crippen molar-refractivity contribution in [3.8, 4) is 0 Å². The van der Waals surface area contributed by atoms with E-state index in [2.05, 4.69) is 68.9 Å². The van der Waals surface area contributed by atoms with Crippen molar-refractivity contribution in [3.05, 3.63) is 59.2 Å². The molecule has 0 saturated carbocycles. The van der Waals surface area contributed by atoms with Crippen LogP contribution in [0.2, 0.25) is 0 Å². The maximum atomic E-state index is 12.3. The number of hydrogen-bond donors (Lipinski definition) is 3. The molecule has 0 radical (unpaired) electrons. The van der Waals surface area contributed by atoms with E-state index in [1.165, 1.54) is 42.5 Å². The summed E-state index contributed by atoms with van der Waals surface area (Å²) in [5.74, 6) is -0.620. The largest absolute Gasteiger partial charge is 0.398 e. The molecule has 0 spiro atoms. The Morgan fingerprint density at radius 2 is 1.67 bits per heavy atom. The summed E-state index contributed by atoms with van der Waals surface area (Å²) in [5, 5.41) is 2.42. The van der Waals surface area contributed by atoms with Gasteiger partial charge in [-0.25, -0.2) is 0 Å². The Morgan fingerprint density at radius 3 is 2.19 bits per heavy atom. The molecule has 1 atom stereocenters. The molecule has 1 aliphatic rings. The molecule has 9 heteroatoms. The number of rotatable bonds is 12. The SMILES string of the molecule is C.CC.CNC(=O)CCC(C=O)N1C(=O)c2cccc(N)c2C1=O.Cc1ccc(SNCC(C)(C)CCC(C)C)cc1. The van der Waals surface area contributed by atoms with Crippen molar-refractivity contribution in [2.45, 2.75) is 92.5 Å². The van der Waals surface area contributed by atoms with Gasteiger partial charge in [-0.1, -0.05) is 79.2 Å². The monoisotopic (exact) mass is 600 g/mol. The van der Waals surface area contributed by atoms with E-state index < -0.39 is 17.9 Å². The van der Waals surface area contributed by atoms with Gasteiger partial charge in [0.25, 0.3) is 11.8 Å². The zero-order valence-electron chi connectivity index (χ0n) is 25.9. The molecule has 0 aliphatic carbocycles. The van der Waals surface area contributed by atoms with E-state index in [0.717, 1.165) is 17.4 Å². The first kappa shape index (κ1) is 38.8. The lowest BCUT2D eigenvalue weighted by Gasteiger charge is -2.25. The zero-order valence-corrected chi connectivity index (χ0v) is 26.7. The van der Waals surface area contributed by atoms with Gasteiger partial charge in [-0.05, 0) is 67.3 Å². The Bertz CT molecular complexity index is 1150. The summed E-state index contributed by atoms with van der Waals surface area (Å²) >= 11 is 1.74. The highest BCUT2D eigenvalue weighted by molar-refractivity contribution is 7.97. The Hall–Kier alpha value is -3.17. The third kappa shape index (κ3) is 12.0. The van der Waals surface area contributed by atoms with Crippen molar-refractivity contribution in [1.29, 1.82) is 0 Å². The molecular weight excluding hydrogens is 548 g/mol. The van der Waals surface area contributed by atoms with Gasteiger partial charge < -0.3 is 15.8 Å². The predicted octanol–water partition coefficient (Wildman–Crippen LogP) is 6.67. The van der Waals surface area contributed by atoms with Gasteiger partial charge in [-0.3, -0.25) is 24.0 Å². The van der Waals surface area contributed by atoms with Gasteiger partial charge in [0.1, 0.15) is 6.29 Å². The van der Waals surface area contributed by atoms with Crippen molar-refractivity contribution in [1.82, 2.24) is 14.9 Å². The second kappa shape index (κ2) is 19.1. The number of carbonyl (C=O) groups is 4. The van der Waals surface area contributed by atoms with E-state index in [4.69, 9.17) is 5.73 Å². The Labute approximate surface area is 257 Å². The first-order valence-corrected chi connectivity index (χ1v) is 15.1. The van der Waals surface area contributed by atoms with E-state index in [-0.39, 0.29) is 43.0 Å². The molecule has 0 bridgehead atoms. The quantitative estimate of drug-likeness (QED) is 0.108. The number of nitrogen functional groups attached to an aromatic ring is 1. The van der Waals surface area contributed by atoms with Crippen LogP contribution >= 0.6 is 11.9 Å². The van der Waals surface area contributed by atoms with Crippen LogP contribution in [0.25, 0.3) is 0 Å². The van der Waals surface area contributed by atoms with Crippen LogP contribution in [0.4, 0.5) is 5.69 Å². The maximum Gasteiger partial charge on any atom is 0.264 e. The number of hydrogen-bond acceptors (Lipinski definition) is 7. The molecule has 0 saturated heterocycles. The smallest absolute Gasteiger partial charge is 0.264 e. The number of aldehydes is 1. The van der Waals surface area contributed by atoms with Crippen LogP contribution in [-0.4, -0.2) is 48.5 Å². The number of aryl methyl sites for hydroxylation is 1. The Morgan fingerprint density at radius 1 is 1.05 bits per heavy atom. The number of nitrogens with zero attached hydrogens (tertiary/aromatic N) is 1. The van der Waals surface area contributed by atoms with Gasteiger partial charge in [-0.15, -0.1) is 0 Å². The molecule has 3 rings (SSSR count). The van der Waals surface area contributed by atoms with E-state index >= 15 is 0 Å². The van der Waals surface area contributed by atoms with Gasteiger partial charge in [0.15, 0.2) is 0 Å². The minimum Gasteiger partial charge on any atom is -0.398 e. The lowest BCUT2D eigenvalue weighted by Crippen LogP contribution is -2.41. The topological polar surface area (TPSA) is 122 Å². The standard InChI is InChI=1S/C16H27NS.C14H15N3O4.C2H6.CH4/c1-13(2)10-11-16(4,5)12-17-18-15-8-6-14(3)7-9-15;1-16-11(19)6-5-8(7-18)17-13(20)9-3-2-4-10(15)12(9)14(17)21;1-2;/h6-9,13,17H,10-12H2,1-5H3;2-4,7-8H,5-6,15H2,1H3,(H,16,19);1-2H3;1H4. The number of nitrogens with two attached hydrogens (primary N) is 1. The summed E-state index contributed by atoms with van der Waals surface area (Å²) in [6.45, 7) is 16.5. The van der Waals surface area contributed by atoms with Crippen LogP contribution < -0.4 is 15.8 Å². The van der Waals surface area contributed by atoms with Crippen molar-refractivity contribution >= 4 is 41.6 Å². The van der Waals surface area contributed by atoms with Crippen LogP contribution in [-0.2, 0) is 9.59 Å². The average Bonchev–Trinajstić information content (AvgIpc) is 3.21. The number of carbonyl (C=O) groups excluding carboxylic acids is 4. The van der Waals surface area contributed by atoms with E-state index in [9.17, 15) is 19.2 Å². The van der Waals surface area contributed by atoms with Gasteiger partial charge in [-0.2, -0.15) is 0 Å². The third-order valence-electron chi connectivity index (χ3n) is 6.57. The van der Waals surface area contributed by atoms with Crippen molar-refractivity contribution in [2.75, 3.05) is 19.3 Å². The summed E-state index contributed by atoms with van der Waals surface area (Å²) in [7, 11) is 1.47. The molecule has 8 nitrogen and oxygen atoms in total. The lowest BCUT2D eigenvalue weighted by atomic mass is 9.86. The second-order valence-electron chi connectivity index (χ2n) is 11.0. The van der Waals surface area contributed by atoms with Crippen LogP contribution in [0.5, 0.6) is 0 Å². The Kier molecular flexibility index (Phi) is 17.7. The number of anilines is 1. The molecule has 42 heavy (non-hydrogen) atoms. The highest BCUT2D eigenvalue weighted by Gasteiger charge is 2.41. The van der Waals surface area contributed by atoms with Crippen LogP contribution in [0.1, 0.15) is 101 Å². The van der Waals surface area contributed by atoms with Crippen molar-refractivity contribution in [3.63, 3.8) is 0 Å². The second-order valence-corrected chi connectivity index (χ2v) is 12.0. The molecule has 1 aliphatic heterocycles. The number of nitrogens with one attached hydrogen (secondary N) is 2. The molecule has 1 unspecified atom stereocenters. The Balaban J connectivity index is 0.000000747. The molecule has 1 heterocycles. The van der Waals surface area contributed by atoms with E-state index in [1.807, 2.05) is 13.8 Å². The van der Waals surface area contributed by atoms with Crippen LogP contribution in [0, 0.1) is 18.3 Å². The van der Waals surface area contributed by atoms with Gasteiger partial charge in [0.05, 0.1) is 17.2 Å². The maximum absolute atomic E-state index is 12.3. The van der Waals surface area contributed by atoms with Crippen molar-refractivity contribution < 1.29 is 19.2 Å². The molecule has 2 aromatic rings. The van der Waals surface area contributed by atoms with Gasteiger partial charge >= 0.3 is 0 Å². The fourth-order valence-electron chi connectivity index (χ4n) is 3.98. The molecule has 0 aromatic heterocycles. The van der Waals surface area contributed by atoms with E-state index in [0.29, 0.717) is 11.7 Å². The molecule has 0 fully saturated rings.